The molecule has 0 amide bonds. The lowest BCUT2D eigenvalue weighted by molar-refractivity contribution is 1.08. The van der Waals surface area contributed by atoms with Gasteiger partial charge in [0.05, 0.1) is 0 Å². The number of rotatable bonds is 7. The van der Waals surface area contributed by atoms with Gasteiger partial charge in [-0.25, -0.2) is 15.0 Å². The maximum atomic E-state index is 5.29. The first-order valence-electron chi connectivity index (χ1n) is 21.3. The van der Waals surface area contributed by atoms with E-state index in [1.54, 1.807) is 11.3 Å². The number of thiophene rings is 1. The molecular formula is C59H37N3S. The summed E-state index contributed by atoms with van der Waals surface area (Å²) in [7, 11) is 0. The first-order valence-corrected chi connectivity index (χ1v) is 22.1. The maximum Gasteiger partial charge on any atom is 0.165 e. The highest BCUT2D eigenvalue weighted by Crippen LogP contribution is 2.46. The van der Waals surface area contributed by atoms with E-state index in [9.17, 15) is 0 Å². The quantitative estimate of drug-likeness (QED) is 0.150. The van der Waals surface area contributed by atoms with Gasteiger partial charge < -0.3 is 0 Å². The van der Waals surface area contributed by atoms with Gasteiger partial charge in [-0.1, -0.05) is 212 Å². The Bertz CT molecular complexity index is 3610. The van der Waals surface area contributed by atoms with Gasteiger partial charge in [0.15, 0.2) is 17.5 Å². The third kappa shape index (κ3) is 6.39. The van der Waals surface area contributed by atoms with Crippen molar-refractivity contribution in [3.8, 4) is 78.7 Å². The van der Waals surface area contributed by atoms with Crippen LogP contribution in [0, 0.1) is 0 Å². The minimum atomic E-state index is 0.630. The lowest BCUT2D eigenvalue weighted by Crippen LogP contribution is -2.01. The number of fused-ring (bicyclic) bond motifs is 5. The third-order valence-electron chi connectivity index (χ3n) is 12.2. The van der Waals surface area contributed by atoms with Crippen molar-refractivity contribution in [1.82, 2.24) is 15.0 Å². The fourth-order valence-corrected chi connectivity index (χ4v) is 10.5. The van der Waals surface area contributed by atoms with Crippen LogP contribution in [-0.4, -0.2) is 15.0 Å². The van der Waals surface area contributed by atoms with Crippen molar-refractivity contribution >= 4 is 53.1 Å². The first kappa shape index (κ1) is 36.8. The number of benzene rings is 10. The molecule has 0 N–H and O–H groups in total. The molecule has 0 fully saturated rings. The summed E-state index contributed by atoms with van der Waals surface area (Å²) in [4.78, 5) is 15.8. The molecule has 63 heavy (non-hydrogen) atoms. The number of hydrogen-bond donors (Lipinski definition) is 0. The summed E-state index contributed by atoms with van der Waals surface area (Å²) >= 11 is 1.79. The summed E-state index contributed by atoms with van der Waals surface area (Å²) in [6.07, 6.45) is 0. The van der Waals surface area contributed by atoms with Crippen LogP contribution in [0.2, 0.25) is 0 Å². The lowest BCUT2D eigenvalue weighted by Gasteiger charge is -2.19. The molecule has 0 saturated carbocycles. The van der Waals surface area contributed by atoms with E-state index in [0.717, 1.165) is 33.4 Å². The molecule has 0 atom stereocenters. The van der Waals surface area contributed by atoms with Gasteiger partial charge in [0.2, 0.25) is 0 Å². The van der Waals surface area contributed by atoms with E-state index in [0.29, 0.717) is 17.5 Å². The molecule has 0 aliphatic rings. The summed E-state index contributed by atoms with van der Waals surface area (Å²) in [6.45, 7) is 0. The molecule has 10 aromatic carbocycles. The average molecular weight is 820 g/mol. The van der Waals surface area contributed by atoms with E-state index in [4.69, 9.17) is 15.0 Å². The molecule has 4 heteroatoms. The van der Waals surface area contributed by atoms with E-state index < -0.39 is 0 Å². The number of nitrogens with zero attached hydrogens (tertiary/aromatic N) is 3. The molecule has 0 spiro atoms. The van der Waals surface area contributed by atoms with Crippen LogP contribution in [0.25, 0.3) is 120 Å². The molecule has 0 bridgehead atoms. The predicted molar refractivity (Wildman–Crippen MR) is 266 cm³/mol. The molecule has 12 rings (SSSR count). The Balaban J connectivity index is 1.04. The summed E-state index contributed by atoms with van der Waals surface area (Å²) in [6, 6.07) is 79.9. The third-order valence-corrected chi connectivity index (χ3v) is 13.4. The second-order valence-corrected chi connectivity index (χ2v) is 16.9. The molecule has 0 radical (unpaired) electrons. The Morgan fingerprint density at radius 3 is 1.27 bits per heavy atom. The van der Waals surface area contributed by atoms with Crippen LogP contribution in [0.4, 0.5) is 0 Å². The normalized spacial score (nSPS) is 11.5. The van der Waals surface area contributed by atoms with Crippen molar-refractivity contribution < 1.29 is 0 Å². The van der Waals surface area contributed by atoms with Crippen LogP contribution >= 0.6 is 11.3 Å². The van der Waals surface area contributed by atoms with E-state index >= 15 is 0 Å². The van der Waals surface area contributed by atoms with E-state index in [-0.39, 0.29) is 0 Å². The second kappa shape index (κ2) is 15.4. The molecule has 0 aliphatic carbocycles. The van der Waals surface area contributed by atoms with Crippen molar-refractivity contribution in [2.75, 3.05) is 0 Å². The van der Waals surface area contributed by atoms with Gasteiger partial charge in [-0.3, -0.25) is 0 Å². The molecule has 0 unspecified atom stereocenters. The molecule has 12 aromatic rings. The highest BCUT2D eigenvalue weighted by Gasteiger charge is 2.21. The molecule has 2 aromatic heterocycles. The van der Waals surface area contributed by atoms with Gasteiger partial charge in [-0.15, -0.1) is 11.3 Å². The zero-order valence-electron chi connectivity index (χ0n) is 34.1. The number of aromatic nitrogens is 3. The maximum absolute atomic E-state index is 5.29. The zero-order chi connectivity index (χ0) is 41.7. The Labute approximate surface area is 369 Å². The van der Waals surface area contributed by atoms with Crippen LogP contribution in [-0.2, 0) is 0 Å². The Morgan fingerprint density at radius 1 is 0.238 bits per heavy atom. The van der Waals surface area contributed by atoms with E-state index in [1.807, 2.05) is 6.07 Å². The van der Waals surface area contributed by atoms with Gasteiger partial charge in [-0.2, -0.15) is 0 Å². The van der Waals surface area contributed by atoms with E-state index in [1.165, 1.54) is 69.5 Å². The van der Waals surface area contributed by atoms with Crippen molar-refractivity contribution in [2.45, 2.75) is 0 Å². The second-order valence-electron chi connectivity index (χ2n) is 15.8. The minimum absolute atomic E-state index is 0.630. The van der Waals surface area contributed by atoms with Gasteiger partial charge in [0.25, 0.3) is 0 Å². The minimum Gasteiger partial charge on any atom is -0.208 e. The molecular weight excluding hydrogens is 783 g/mol. The van der Waals surface area contributed by atoms with Gasteiger partial charge in [0, 0.05) is 36.9 Å². The predicted octanol–water partition coefficient (Wildman–Crippen LogP) is 16.2. The summed E-state index contributed by atoms with van der Waals surface area (Å²) in [5.41, 5.74) is 12.3. The van der Waals surface area contributed by atoms with Crippen LogP contribution < -0.4 is 0 Å². The SMILES string of the molecule is c1ccc(-c2ccccc2-c2nc(-c3ccc(-c4c5ccccc5c(-c5ccccc5-c5ccccc5)c5ccccc45)cc3)nc(-c3cccc4c3sc3ccccc34)n2)cc1. The first-order chi connectivity index (χ1) is 31.3. The van der Waals surface area contributed by atoms with Crippen LogP contribution in [0.15, 0.2) is 224 Å². The lowest BCUT2D eigenvalue weighted by atomic mass is 9.84. The van der Waals surface area contributed by atoms with Gasteiger partial charge in [-0.05, 0) is 78.2 Å². The monoisotopic (exact) mass is 819 g/mol. The van der Waals surface area contributed by atoms with E-state index in [2.05, 4.69) is 218 Å². The van der Waals surface area contributed by atoms with Crippen molar-refractivity contribution in [3.63, 3.8) is 0 Å². The Hall–Kier alpha value is -8.05. The number of hydrogen-bond acceptors (Lipinski definition) is 4. The van der Waals surface area contributed by atoms with Crippen LogP contribution in [0.3, 0.4) is 0 Å². The summed E-state index contributed by atoms with van der Waals surface area (Å²) < 4.78 is 2.41. The van der Waals surface area contributed by atoms with Gasteiger partial charge >= 0.3 is 0 Å². The van der Waals surface area contributed by atoms with Crippen molar-refractivity contribution in [2.24, 2.45) is 0 Å². The molecule has 3 nitrogen and oxygen atoms in total. The fourth-order valence-electron chi connectivity index (χ4n) is 9.30. The van der Waals surface area contributed by atoms with Crippen molar-refractivity contribution in [3.05, 3.63) is 224 Å². The fraction of sp³-hybridized carbons (Fsp3) is 0. The Kier molecular flexibility index (Phi) is 9.02. The van der Waals surface area contributed by atoms with Crippen LogP contribution in [0.5, 0.6) is 0 Å². The molecule has 0 saturated heterocycles. The Morgan fingerprint density at radius 2 is 0.651 bits per heavy atom. The van der Waals surface area contributed by atoms with Gasteiger partial charge in [0.1, 0.15) is 0 Å². The smallest absolute Gasteiger partial charge is 0.165 e. The van der Waals surface area contributed by atoms with Crippen molar-refractivity contribution in [1.29, 1.82) is 0 Å². The zero-order valence-corrected chi connectivity index (χ0v) is 34.9. The highest BCUT2D eigenvalue weighted by atomic mass is 32.1. The largest absolute Gasteiger partial charge is 0.208 e. The topological polar surface area (TPSA) is 38.7 Å². The van der Waals surface area contributed by atoms with Crippen LogP contribution in [0.1, 0.15) is 0 Å². The molecule has 2 heterocycles. The standard InChI is InChI=1S/C59H37N3S/c1-3-18-38(19-4-1)42-22-7-9-25-45(42)55-48-28-12-10-26-46(48)54(47-27-11-13-29-49(47)55)40-34-36-41(37-35-40)57-60-58(51-30-14-8-23-43(51)39-20-5-2-6-21-39)62-59(61-57)52-32-17-31-50-44-24-15-16-33-53(44)63-56(50)52/h1-37H. The summed E-state index contributed by atoms with van der Waals surface area (Å²) in [5, 5.41) is 7.31. The molecule has 0 aliphatic heterocycles. The highest BCUT2D eigenvalue weighted by molar-refractivity contribution is 7.26. The average Bonchev–Trinajstić information content (AvgIpc) is 3.75. The molecule has 294 valence electrons. The summed E-state index contributed by atoms with van der Waals surface area (Å²) in [5.74, 6) is 1.92.